The van der Waals surface area contributed by atoms with Crippen LogP contribution in [0.2, 0.25) is 0 Å². The highest BCUT2D eigenvalue weighted by atomic mass is 17.1. The van der Waals surface area contributed by atoms with Gasteiger partial charge in [0.25, 0.3) is 0 Å². The van der Waals surface area contributed by atoms with E-state index in [2.05, 4.69) is 4.74 Å². The van der Waals surface area contributed by atoms with Crippen molar-refractivity contribution in [3.05, 3.63) is 23.5 Å². The van der Waals surface area contributed by atoms with E-state index >= 15 is 0 Å². The quantitative estimate of drug-likeness (QED) is 0.361. The van der Waals surface area contributed by atoms with Crippen molar-refractivity contribution >= 4 is 5.97 Å². The minimum absolute atomic E-state index is 0.0506. The minimum Gasteiger partial charge on any atom is -0.466 e. The molecule has 0 aromatic heterocycles. The van der Waals surface area contributed by atoms with Gasteiger partial charge >= 0.3 is 5.97 Å². The van der Waals surface area contributed by atoms with E-state index in [9.17, 15) is 15.3 Å². The molecule has 1 saturated carbocycles. The SMILES string of the molecule is COC(=O)/C=C/C1C(C#N)=C(C#N)ON1C1(OO)CCCCC1. The Hall–Kier alpha value is -2.39. The van der Waals surface area contributed by atoms with Gasteiger partial charge in [-0.1, -0.05) is 17.6 Å². The molecule has 1 aliphatic carbocycles. The van der Waals surface area contributed by atoms with E-state index in [4.69, 9.17) is 15.0 Å². The van der Waals surface area contributed by atoms with Crippen LogP contribution < -0.4 is 0 Å². The van der Waals surface area contributed by atoms with Crippen LogP contribution in [0.25, 0.3) is 0 Å². The Bertz CT molecular complexity index is 608. The maximum atomic E-state index is 11.3. The predicted octanol–water partition coefficient (Wildman–Crippen LogP) is 1.78. The second kappa shape index (κ2) is 7.25. The van der Waals surface area contributed by atoms with Crippen molar-refractivity contribution in [3.63, 3.8) is 0 Å². The molecule has 23 heavy (non-hydrogen) atoms. The number of rotatable bonds is 4. The molecule has 0 radical (unpaired) electrons. The number of hydroxylamine groups is 2. The van der Waals surface area contributed by atoms with Gasteiger partial charge in [-0.15, -0.1) is 0 Å². The molecule has 2 aliphatic rings. The van der Waals surface area contributed by atoms with E-state index in [1.54, 1.807) is 0 Å². The largest absolute Gasteiger partial charge is 0.466 e. The predicted molar refractivity (Wildman–Crippen MR) is 75.6 cm³/mol. The monoisotopic (exact) mass is 319 g/mol. The summed E-state index contributed by atoms with van der Waals surface area (Å²) in [5.41, 5.74) is -1.11. The smallest absolute Gasteiger partial charge is 0.330 e. The number of carbonyl (C=O) groups excluding carboxylic acids is 1. The molecule has 8 heteroatoms. The maximum Gasteiger partial charge on any atom is 0.330 e. The maximum absolute atomic E-state index is 11.3. The lowest BCUT2D eigenvalue weighted by atomic mass is 9.90. The van der Waals surface area contributed by atoms with Crippen LogP contribution in [0.4, 0.5) is 0 Å². The van der Waals surface area contributed by atoms with Crippen molar-refractivity contribution in [1.29, 1.82) is 10.5 Å². The second-order valence-electron chi connectivity index (χ2n) is 5.31. The Morgan fingerprint density at radius 3 is 2.61 bits per heavy atom. The van der Waals surface area contributed by atoms with Crippen LogP contribution in [0, 0.1) is 22.7 Å². The summed E-state index contributed by atoms with van der Waals surface area (Å²) in [6.45, 7) is 0. The van der Waals surface area contributed by atoms with Crippen molar-refractivity contribution in [2.75, 3.05) is 7.11 Å². The van der Waals surface area contributed by atoms with E-state index in [0.717, 1.165) is 25.3 Å². The van der Waals surface area contributed by atoms with E-state index in [-0.39, 0.29) is 11.3 Å². The second-order valence-corrected chi connectivity index (χ2v) is 5.31. The van der Waals surface area contributed by atoms with Crippen LogP contribution in [0.1, 0.15) is 32.1 Å². The number of hydrogen-bond acceptors (Lipinski definition) is 8. The number of hydrogen-bond donors (Lipinski definition) is 1. The van der Waals surface area contributed by atoms with Gasteiger partial charge in [0.2, 0.25) is 5.76 Å². The molecule has 122 valence electrons. The van der Waals surface area contributed by atoms with Crippen molar-refractivity contribution in [2.24, 2.45) is 0 Å². The van der Waals surface area contributed by atoms with Crippen LogP contribution in [-0.2, 0) is 19.3 Å². The number of ether oxygens (including phenoxy) is 1. The Balaban J connectivity index is 2.38. The third-order valence-corrected chi connectivity index (χ3v) is 4.03. The van der Waals surface area contributed by atoms with Gasteiger partial charge in [0, 0.05) is 6.08 Å². The fourth-order valence-electron chi connectivity index (χ4n) is 2.86. The molecule has 0 aromatic carbocycles. The minimum atomic E-state index is -1.16. The molecule has 8 nitrogen and oxygen atoms in total. The first-order valence-corrected chi connectivity index (χ1v) is 7.22. The Morgan fingerprint density at radius 1 is 1.39 bits per heavy atom. The van der Waals surface area contributed by atoms with Gasteiger partial charge in [0.05, 0.1) is 7.11 Å². The molecule has 1 aliphatic heterocycles. The highest BCUT2D eigenvalue weighted by Gasteiger charge is 2.50. The first-order chi connectivity index (χ1) is 11.1. The number of allylic oxidation sites excluding steroid dienone is 1. The molecule has 0 bridgehead atoms. The molecule has 1 fully saturated rings. The number of esters is 1. The standard InChI is InChI=1S/C15H17N3O5/c1-21-14(19)6-5-12-11(9-16)13(10-17)22-18(12)15(23-20)7-3-2-4-8-15/h5-6,12,20H,2-4,7-8H2,1H3/b6-5+. The summed E-state index contributed by atoms with van der Waals surface area (Å²) in [6, 6.07) is 2.91. The first-order valence-electron chi connectivity index (χ1n) is 7.22. The number of nitriles is 2. The highest BCUT2D eigenvalue weighted by Crippen LogP contribution is 2.41. The summed E-state index contributed by atoms with van der Waals surface area (Å²) >= 11 is 0. The first kappa shape index (κ1) is 17.0. The van der Waals surface area contributed by atoms with E-state index in [0.29, 0.717) is 12.8 Å². The van der Waals surface area contributed by atoms with Crippen LogP contribution in [0.5, 0.6) is 0 Å². The van der Waals surface area contributed by atoms with Crippen molar-refractivity contribution < 1.29 is 24.5 Å². The van der Waals surface area contributed by atoms with E-state index < -0.39 is 17.7 Å². The molecule has 0 amide bonds. The average molecular weight is 319 g/mol. The molecule has 1 N–H and O–H groups in total. The lowest BCUT2D eigenvalue weighted by Crippen LogP contribution is -2.53. The topological polar surface area (TPSA) is 116 Å². The summed E-state index contributed by atoms with van der Waals surface area (Å²) < 4.78 is 4.53. The van der Waals surface area contributed by atoms with Gasteiger partial charge in [-0.2, -0.15) is 10.5 Å². The fourth-order valence-corrected chi connectivity index (χ4v) is 2.86. The summed E-state index contributed by atoms with van der Waals surface area (Å²) in [5.74, 6) is -0.774. The van der Waals surface area contributed by atoms with Crippen LogP contribution in [0.15, 0.2) is 23.5 Å². The van der Waals surface area contributed by atoms with Gasteiger partial charge in [0.15, 0.2) is 5.72 Å². The van der Waals surface area contributed by atoms with Crippen LogP contribution >= 0.6 is 0 Å². The normalized spacial score (nSPS) is 24.1. The molecule has 2 rings (SSSR count). The van der Waals surface area contributed by atoms with Gasteiger partial charge < -0.3 is 9.57 Å². The lowest BCUT2D eigenvalue weighted by Gasteiger charge is -2.41. The van der Waals surface area contributed by atoms with E-state index in [1.165, 1.54) is 18.2 Å². The summed E-state index contributed by atoms with van der Waals surface area (Å²) in [6.07, 6.45) is 6.09. The van der Waals surface area contributed by atoms with Crippen LogP contribution in [-0.4, -0.2) is 35.2 Å². The van der Waals surface area contributed by atoms with Gasteiger partial charge in [-0.3, -0.25) is 0 Å². The summed E-state index contributed by atoms with van der Waals surface area (Å²) in [4.78, 5) is 21.5. The molecule has 1 atom stereocenters. The molecule has 0 aromatic rings. The average Bonchev–Trinajstić information content (AvgIpc) is 2.98. The third-order valence-electron chi connectivity index (χ3n) is 4.03. The third kappa shape index (κ3) is 3.20. The molecule has 1 heterocycles. The zero-order valence-electron chi connectivity index (χ0n) is 12.7. The number of nitrogens with zero attached hydrogens (tertiary/aromatic N) is 3. The highest BCUT2D eigenvalue weighted by molar-refractivity contribution is 5.82. The molecule has 1 unspecified atom stereocenters. The molecule has 0 saturated heterocycles. The Labute approximate surface area is 133 Å². The van der Waals surface area contributed by atoms with Crippen molar-refractivity contribution in [1.82, 2.24) is 5.06 Å². The lowest BCUT2D eigenvalue weighted by molar-refractivity contribution is -0.419. The Morgan fingerprint density at radius 2 is 2.09 bits per heavy atom. The summed E-state index contributed by atoms with van der Waals surface area (Å²) in [5, 5.41) is 29.2. The number of methoxy groups -OCH3 is 1. The zero-order valence-corrected chi connectivity index (χ0v) is 12.7. The van der Waals surface area contributed by atoms with Crippen molar-refractivity contribution in [2.45, 2.75) is 43.9 Å². The summed E-state index contributed by atoms with van der Waals surface area (Å²) in [7, 11) is 1.23. The van der Waals surface area contributed by atoms with Gasteiger partial charge in [-0.05, 0) is 25.7 Å². The van der Waals surface area contributed by atoms with Crippen molar-refractivity contribution in [3.8, 4) is 12.1 Å². The van der Waals surface area contributed by atoms with Gasteiger partial charge in [-0.25, -0.2) is 14.9 Å². The molecular formula is C15H17N3O5. The van der Waals surface area contributed by atoms with Gasteiger partial charge in [0.1, 0.15) is 23.8 Å². The molecular weight excluding hydrogens is 302 g/mol. The number of carbonyl (C=O) groups is 1. The van der Waals surface area contributed by atoms with Crippen LogP contribution in [0.3, 0.4) is 0 Å². The van der Waals surface area contributed by atoms with E-state index in [1.807, 2.05) is 12.1 Å². The zero-order chi connectivity index (χ0) is 16.9. The molecule has 0 spiro atoms. The fraction of sp³-hybridized carbons (Fsp3) is 0.533. The Kier molecular flexibility index (Phi) is 5.35.